The topological polar surface area (TPSA) is 105 Å². The number of hydrogen-bond donors (Lipinski definition) is 0. The van der Waals surface area contributed by atoms with Crippen LogP contribution in [0.4, 0.5) is 0 Å². The summed E-state index contributed by atoms with van der Waals surface area (Å²) in [5, 5.41) is 0. The average Bonchev–Trinajstić information content (AvgIpc) is 3.12. The number of methoxy groups -OCH3 is 1. The predicted octanol–water partition coefficient (Wildman–Crippen LogP) is 1.37. The number of ketones is 4. The van der Waals surface area contributed by atoms with E-state index in [2.05, 4.69) is 0 Å². The van der Waals surface area contributed by atoms with Gasteiger partial charge in [-0.05, 0) is 26.7 Å². The Morgan fingerprint density at radius 3 is 1.72 bits per heavy atom. The number of rotatable bonds is 4. The van der Waals surface area contributed by atoms with Gasteiger partial charge in [0.05, 0.1) is 17.9 Å². The SMILES string of the molecule is CO[C@@H]1O[C@H](C(C2C(=O)CCCC2=O)C2C(=O)CCCC2=O)[C@H]2OC(C)(C)O[C@@H]12. The third-order valence-electron chi connectivity index (χ3n) is 6.51. The summed E-state index contributed by atoms with van der Waals surface area (Å²) in [6.45, 7) is 3.52. The molecular weight excluding hydrogens is 380 g/mol. The van der Waals surface area contributed by atoms with E-state index in [4.69, 9.17) is 18.9 Å². The summed E-state index contributed by atoms with van der Waals surface area (Å²) >= 11 is 0. The molecule has 2 aliphatic heterocycles. The first-order valence-corrected chi connectivity index (χ1v) is 10.4. The van der Waals surface area contributed by atoms with Crippen LogP contribution in [0.3, 0.4) is 0 Å². The highest BCUT2D eigenvalue weighted by molar-refractivity contribution is 6.09. The minimum Gasteiger partial charge on any atom is -0.353 e. The van der Waals surface area contributed by atoms with Crippen LogP contribution in [0.25, 0.3) is 0 Å². The Labute approximate surface area is 169 Å². The second-order valence-corrected chi connectivity index (χ2v) is 8.87. The quantitative estimate of drug-likeness (QED) is 0.643. The molecule has 0 aromatic rings. The summed E-state index contributed by atoms with van der Waals surface area (Å²) in [4.78, 5) is 51.3. The molecule has 0 amide bonds. The van der Waals surface area contributed by atoms with Crippen LogP contribution in [0.2, 0.25) is 0 Å². The van der Waals surface area contributed by atoms with Crippen LogP contribution in [0.5, 0.6) is 0 Å². The lowest BCUT2D eigenvalue weighted by Gasteiger charge is -2.39. The molecule has 2 heterocycles. The van der Waals surface area contributed by atoms with Gasteiger partial charge in [0.25, 0.3) is 0 Å². The Morgan fingerprint density at radius 2 is 1.28 bits per heavy atom. The van der Waals surface area contributed by atoms with E-state index in [1.807, 2.05) is 0 Å². The molecule has 0 spiro atoms. The van der Waals surface area contributed by atoms with Crippen molar-refractivity contribution >= 4 is 23.1 Å². The van der Waals surface area contributed by atoms with Crippen LogP contribution in [0.15, 0.2) is 0 Å². The van der Waals surface area contributed by atoms with Gasteiger partial charge in [-0.25, -0.2) is 0 Å². The van der Waals surface area contributed by atoms with Crippen molar-refractivity contribution in [3.05, 3.63) is 0 Å². The average molecular weight is 408 g/mol. The third-order valence-corrected chi connectivity index (χ3v) is 6.51. The van der Waals surface area contributed by atoms with Crippen molar-refractivity contribution < 1.29 is 38.1 Å². The van der Waals surface area contributed by atoms with Gasteiger partial charge in [0, 0.05) is 38.7 Å². The lowest BCUT2D eigenvalue weighted by molar-refractivity contribution is -0.236. The maximum Gasteiger partial charge on any atom is 0.186 e. The molecule has 2 saturated carbocycles. The van der Waals surface area contributed by atoms with Gasteiger partial charge < -0.3 is 18.9 Å². The fourth-order valence-electron chi connectivity index (χ4n) is 5.38. The van der Waals surface area contributed by atoms with Crippen LogP contribution in [-0.2, 0) is 38.1 Å². The minimum absolute atomic E-state index is 0.225. The van der Waals surface area contributed by atoms with Crippen molar-refractivity contribution in [1.82, 2.24) is 0 Å². The molecule has 4 fully saturated rings. The molecule has 8 nitrogen and oxygen atoms in total. The maximum absolute atomic E-state index is 12.8. The van der Waals surface area contributed by atoms with E-state index in [1.165, 1.54) is 7.11 Å². The highest BCUT2D eigenvalue weighted by Gasteiger charge is 2.62. The van der Waals surface area contributed by atoms with E-state index in [1.54, 1.807) is 13.8 Å². The van der Waals surface area contributed by atoms with Gasteiger partial charge in [0.1, 0.15) is 35.3 Å². The van der Waals surface area contributed by atoms with Crippen LogP contribution < -0.4 is 0 Å². The predicted molar refractivity (Wildman–Crippen MR) is 97.7 cm³/mol. The van der Waals surface area contributed by atoms with Gasteiger partial charge in [-0.15, -0.1) is 0 Å². The fraction of sp³-hybridized carbons (Fsp3) is 0.810. The van der Waals surface area contributed by atoms with Gasteiger partial charge in [-0.3, -0.25) is 19.2 Å². The Kier molecular flexibility index (Phi) is 5.48. The molecule has 0 bridgehead atoms. The van der Waals surface area contributed by atoms with Crippen molar-refractivity contribution in [3.63, 3.8) is 0 Å². The van der Waals surface area contributed by atoms with Crippen molar-refractivity contribution in [2.45, 2.75) is 82.8 Å². The Bertz CT molecular complexity index is 658. The largest absolute Gasteiger partial charge is 0.353 e. The van der Waals surface area contributed by atoms with Crippen molar-refractivity contribution in [3.8, 4) is 0 Å². The van der Waals surface area contributed by atoms with Crippen molar-refractivity contribution in [2.75, 3.05) is 7.11 Å². The summed E-state index contributed by atoms with van der Waals surface area (Å²) in [5.74, 6) is -4.76. The maximum atomic E-state index is 12.8. The van der Waals surface area contributed by atoms with E-state index in [9.17, 15) is 19.2 Å². The summed E-state index contributed by atoms with van der Waals surface area (Å²) in [5.41, 5.74) is 0. The van der Waals surface area contributed by atoms with Crippen LogP contribution in [0, 0.1) is 17.8 Å². The molecular formula is C21H28O8. The Morgan fingerprint density at radius 1 is 0.828 bits per heavy atom. The molecule has 29 heavy (non-hydrogen) atoms. The monoisotopic (exact) mass is 408 g/mol. The zero-order valence-corrected chi connectivity index (χ0v) is 17.1. The van der Waals surface area contributed by atoms with Gasteiger partial charge >= 0.3 is 0 Å². The van der Waals surface area contributed by atoms with Crippen molar-refractivity contribution in [1.29, 1.82) is 0 Å². The molecule has 0 radical (unpaired) electrons. The van der Waals surface area contributed by atoms with E-state index in [0.29, 0.717) is 12.8 Å². The molecule has 8 heteroatoms. The van der Waals surface area contributed by atoms with Crippen LogP contribution in [-0.4, -0.2) is 60.6 Å². The first-order chi connectivity index (χ1) is 13.7. The minimum atomic E-state index is -1.03. The second-order valence-electron chi connectivity index (χ2n) is 8.87. The lowest BCUT2D eigenvalue weighted by atomic mass is 9.65. The molecule has 0 unspecified atom stereocenters. The number of carbonyl (C=O) groups excluding carboxylic acids is 4. The Hall–Kier alpha value is -1.48. The summed E-state index contributed by atoms with van der Waals surface area (Å²) in [6.07, 6.45) is -0.737. The molecule has 0 aromatic carbocycles. The highest BCUT2D eigenvalue weighted by Crippen LogP contribution is 2.47. The van der Waals surface area contributed by atoms with E-state index < -0.39 is 48.1 Å². The molecule has 160 valence electrons. The van der Waals surface area contributed by atoms with Gasteiger partial charge in [-0.1, -0.05) is 0 Å². The number of hydrogen-bond acceptors (Lipinski definition) is 8. The molecule has 4 aliphatic rings. The molecule has 4 atom stereocenters. The molecule has 2 aliphatic carbocycles. The molecule has 0 N–H and O–H groups in total. The zero-order chi connectivity index (χ0) is 20.9. The van der Waals surface area contributed by atoms with Crippen LogP contribution in [0.1, 0.15) is 52.4 Å². The lowest BCUT2D eigenvalue weighted by Crippen LogP contribution is -2.52. The zero-order valence-electron chi connectivity index (χ0n) is 17.1. The number of fused-ring (bicyclic) bond motifs is 1. The second kappa shape index (κ2) is 7.65. The fourth-order valence-corrected chi connectivity index (χ4v) is 5.38. The number of carbonyl (C=O) groups is 4. The summed E-state index contributed by atoms with van der Waals surface area (Å²) in [7, 11) is 1.47. The summed E-state index contributed by atoms with van der Waals surface area (Å²) < 4.78 is 23.4. The van der Waals surface area contributed by atoms with E-state index in [-0.39, 0.29) is 48.8 Å². The molecule has 4 rings (SSSR count). The van der Waals surface area contributed by atoms with Gasteiger partial charge in [0.15, 0.2) is 12.1 Å². The number of Topliss-reactive ketones (excluding diaryl/α,β-unsaturated/α-hetero) is 4. The first kappa shape index (κ1) is 20.8. The highest BCUT2D eigenvalue weighted by atomic mass is 16.8. The third kappa shape index (κ3) is 3.60. The first-order valence-electron chi connectivity index (χ1n) is 10.4. The van der Waals surface area contributed by atoms with Crippen LogP contribution >= 0.6 is 0 Å². The van der Waals surface area contributed by atoms with Gasteiger partial charge in [-0.2, -0.15) is 0 Å². The van der Waals surface area contributed by atoms with Crippen molar-refractivity contribution in [2.24, 2.45) is 17.8 Å². The van der Waals surface area contributed by atoms with Gasteiger partial charge in [0.2, 0.25) is 0 Å². The summed E-state index contributed by atoms with van der Waals surface area (Å²) in [6, 6.07) is 0. The molecule has 0 aromatic heterocycles. The Balaban J connectivity index is 1.76. The normalized spacial score (nSPS) is 36.3. The van der Waals surface area contributed by atoms with E-state index >= 15 is 0 Å². The smallest absolute Gasteiger partial charge is 0.186 e. The molecule has 2 saturated heterocycles. The van der Waals surface area contributed by atoms with E-state index in [0.717, 1.165) is 0 Å². The standard InChI is InChI=1S/C21H28O8/c1-21(2)28-18-17(27-20(26-3)19(18)29-21)16(14-10(22)6-4-7-11(14)23)15-12(24)8-5-9-13(15)25/h14-20H,4-9H2,1-3H3/t17-,18-,19-,20-/m1/s1. The number of ether oxygens (including phenoxy) is 4.